The number of fused-ring (bicyclic) bond motifs is 2. The SMILES string of the molecule is OC1CCC2CC=CC1S2. The van der Waals surface area contributed by atoms with Crippen molar-refractivity contribution in [2.75, 3.05) is 0 Å². The Labute approximate surface area is 65.5 Å². The first kappa shape index (κ1) is 6.74. The topological polar surface area (TPSA) is 20.2 Å². The van der Waals surface area contributed by atoms with Crippen LogP contribution in [0.1, 0.15) is 19.3 Å². The molecule has 1 fully saturated rings. The van der Waals surface area contributed by atoms with Crippen LogP contribution in [0.5, 0.6) is 0 Å². The Balaban J connectivity index is 2.12. The Morgan fingerprint density at radius 3 is 3.10 bits per heavy atom. The predicted octanol–water partition coefficient (Wildman–Crippen LogP) is 1.57. The van der Waals surface area contributed by atoms with Crippen molar-refractivity contribution >= 4 is 11.8 Å². The highest BCUT2D eigenvalue weighted by Crippen LogP contribution is 2.37. The van der Waals surface area contributed by atoms with Crippen molar-refractivity contribution in [2.45, 2.75) is 35.9 Å². The van der Waals surface area contributed by atoms with Crippen LogP contribution in [0.15, 0.2) is 12.2 Å². The van der Waals surface area contributed by atoms with Crippen molar-refractivity contribution in [1.82, 2.24) is 0 Å². The van der Waals surface area contributed by atoms with E-state index in [1.54, 1.807) is 0 Å². The monoisotopic (exact) mass is 156 g/mol. The largest absolute Gasteiger partial charge is 0.392 e. The second-order valence-electron chi connectivity index (χ2n) is 3.03. The van der Waals surface area contributed by atoms with E-state index in [9.17, 15) is 5.11 Å². The van der Waals surface area contributed by atoms with E-state index in [1.165, 1.54) is 12.8 Å². The molecule has 10 heavy (non-hydrogen) atoms. The molecule has 1 saturated heterocycles. The molecule has 0 aromatic heterocycles. The van der Waals surface area contributed by atoms with Crippen LogP contribution in [0.25, 0.3) is 0 Å². The average molecular weight is 156 g/mol. The highest BCUT2D eigenvalue weighted by atomic mass is 32.2. The van der Waals surface area contributed by atoms with Gasteiger partial charge in [0.15, 0.2) is 0 Å². The Morgan fingerprint density at radius 1 is 1.40 bits per heavy atom. The fraction of sp³-hybridized carbons (Fsp3) is 0.750. The second kappa shape index (κ2) is 2.59. The van der Waals surface area contributed by atoms with E-state index in [4.69, 9.17) is 0 Å². The van der Waals surface area contributed by atoms with E-state index in [2.05, 4.69) is 12.2 Å². The van der Waals surface area contributed by atoms with Gasteiger partial charge in [0, 0.05) is 10.5 Å². The summed E-state index contributed by atoms with van der Waals surface area (Å²) in [5.74, 6) is 0. The molecule has 2 rings (SSSR count). The minimum Gasteiger partial charge on any atom is -0.392 e. The summed E-state index contributed by atoms with van der Waals surface area (Å²) in [5.41, 5.74) is 0. The van der Waals surface area contributed by atoms with Crippen LogP contribution in [-0.2, 0) is 0 Å². The Kier molecular flexibility index (Phi) is 1.75. The van der Waals surface area contributed by atoms with Gasteiger partial charge in [-0.3, -0.25) is 0 Å². The molecule has 2 aliphatic heterocycles. The molecule has 0 saturated carbocycles. The van der Waals surface area contributed by atoms with Crippen LogP contribution in [0.2, 0.25) is 0 Å². The quantitative estimate of drug-likeness (QED) is 0.537. The fourth-order valence-electron chi connectivity index (χ4n) is 1.61. The molecule has 56 valence electrons. The summed E-state index contributed by atoms with van der Waals surface area (Å²) in [5, 5.41) is 10.7. The second-order valence-corrected chi connectivity index (χ2v) is 4.51. The summed E-state index contributed by atoms with van der Waals surface area (Å²) in [6.07, 6.45) is 7.73. The lowest BCUT2D eigenvalue weighted by molar-refractivity contribution is 0.163. The molecule has 0 aliphatic carbocycles. The van der Waals surface area contributed by atoms with Crippen molar-refractivity contribution in [3.05, 3.63) is 12.2 Å². The van der Waals surface area contributed by atoms with Gasteiger partial charge in [-0.1, -0.05) is 12.2 Å². The molecule has 2 heteroatoms. The van der Waals surface area contributed by atoms with E-state index >= 15 is 0 Å². The van der Waals surface area contributed by atoms with Gasteiger partial charge in [-0.25, -0.2) is 0 Å². The van der Waals surface area contributed by atoms with Gasteiger partial charge in [0.05, 0.1) is 6.10 Å². The maximum absolute atomic E-state index is 9.45. The molecule has 0 radical (unpaired) electrons. The molecule has 2 bridgehead atoms. The maximum atomic E-state index is 9.45. The van der Waals surface area contributed by atoms with Crippen LogP contribution in [0.3, 0.4) is 0 Å². The summed E-state index contributed by atoms with van der Waals surface area (Å²) < 4.78 is 0. The van der Waals surface area contributed by atoms with Crippen LogP contribution in [0, 0.1) is 0 Å². The third kappa shape index (κ3) is 1.10. The molecule has 1 nitrogen and oxygen atoms in total. The minimum atomic E-state index is -0.0715. The molecular formula is C8H12OS. The van der Waals surface area contributed by atoms with Crippen molar-refractivity contribution in [1.29, 1.82) is 0 Å². The molecule has 0 aromatic rings. The number of rotatable bonds is 0. The maximum Gasteiger partial charge on any atom is 0.0694 e. The molecule has 0 amide bonds. The zero-order valence-corrected chi connectivity index (χ0v) is 6.68. The highest BCUT2D eigenvalue weighted by Gasteiger charge is 2.29. The van der Waals surface area contributed by atoms with E-state index in [0.717, 1.165) is 11.7 Å². The van der Waals surface area contributed by atoms with E-state index < -0.39 is 0 Å². The third-order valence-electron chi connectivity index (χ3n) is 2.24. The van der Waals surface area contributed by atoms with E-state index in [-0.39, 0.29) is 6.10 Å². The summed E-state index contributed by atoms with van der Waals surface area (Å²) in [6, 6.07) is 0. The first-order valence-electron chi connectivity index (χ1n) is 3.86. The zero-order valence-electron chi connectivity index (χ0n) is 5.86. The van der Waals surface area contributed by atoms with Crippen molar-refractivity contribution < 1.29 is 5.11 Å². The molecule has 3 atom stereocenters. The number of thioether (sulfide) groups is 1. The Morgan fingerprint density at radius 2 is 2.30 bits per heavy atom. The van der Waals surface area contributed by atoms with E-state index in [1.807, 2.05) is 11.8 Å². The zero-order chi connectivity index (χ0) is 6.97. The highest BCUT2D eigenvalue weighted by molar-refractivity contribution is 8.00. The van der Waals surface area contributed by atoms with Crippen molar-refractivity contribution in [2.24, 2.45) is 0 Å². The summed E-state index contributed by atoms with van der Waals surface area (Å²) in [6.45, 7) is 0. The molecule has 0 aromatic carbocycles. The molecular weight excluding hydrogens is 144 g/mol. The summed E-state index contributed by atoms with van der Waals surface area (Å²) >= 11 is 1.94. The van der Waals surface area contributed by atoms with Gasteiger partial charge in [0.1, 0.15) is 0 Å². The van der Waals surface area contributed by atoms with Crippen LogP contribution in [0.4, 0.5) is 0 Å². The van der Waals surface area contributed by atoms with Crippen molar-refractivity contribution in [3.63, 3.8) is 0 Å². The number of aliphatic hydroxyl groups excluding tert-OH is 1. The van der Waals surface area contributed by atoms with Crippen molar-refractivity contribution in [3.8, 4) is 0 Å². The Hall–Kier alpha value is 0.0500. The van der Waals surface area contributed by atoms with Crippen LogP contribution in [-0.4, -0.2) is 21.7 Å². The molecule has 0 spiro atoms. The fourth-order valence-corrected chi connectivity index (χ4v) is 3.07. The first-order valence-corrected chi connectivity index (χ1v) is 4.81. The number of allylic oxidation sites excluding steroid dienone is 1. The van der Waals surface area contributed by atoms with Crippen LogP contribution < -0.4 is 0 Å². The lowest BCUT2D eigenvalue weighted by Crippen LogP contribution is -2.31. The van der Waals surface area contributed by atoms with Gasteiger partial charge in [-0.2, -0.15) is 0 Å². The average Bonchev–Trinajstić information content (AvgIpc) is 1.99. The van der Waals surface area contributed by atoms with Gasteiger partial charge in [-0.15, -0.1) is 11.8 Å². The van der Waals surface area contributed by atoms with Gasteiger partial charge in [-0.05, 0) is 19.3 Å². The summed E-state index contributed by atoms with van der Waals surface area (Å²) in [4.78, 5) is 0. The van der Waals surface area contributed by atoms with Gasteiger partial charge < -0.3 is 5.11 Å². The Bertz CT molecular complexity index is 155. The predicted molar refractivity (Wildman–Crippen MR) is 44.2 cm³/mol. The van der Waals surface area contributed by atoms with Gasteiger partial charge >= 0.3 is 0 Å². The lowest BCUT2D eigenvalue weighted by atomic mass is 10.0. The lowest BCUT2D eigenvalue weighted by Gasteiger charge is -2.33. The molecule has 3 unspecified atom stereocenters. The smallest absolute Gasteiger partial charge is 0.0694 e. The normalized spacial score (nSPS) is 45.5. The number of hydrogen-bond donors (Lipinski definition) is 1. The minimum absolute atomic E-state index is 0.0715. The number of aliphatic hydroxyl groups is 1. The molecule has 2 aliphatic rings. The van der Waals surface area contributed by atoms with Gasteiger partial charge in [0.25, 0.3) is 0 Å². The number of hydrogen-bond acceptors (Lipinski definition) is 2. The molecule has 1 N–H and O–H groups in total. The standard InChI is InChI=1S/C8H12OS/c9-7-5-4-6-2-1-3-8(7)10-6/h1,3,6-9H,2,4-5H2. The summed E-state index contributed by atoms with van der Waals surface area (Å²) in [7, 11) is 0. The first-order chi connectivity index (χ1) is 4.86. The molecule has 2 heterocycles. The van der Waals surface area contributed by atoms with E-state index in [0.29, 0.717) is 5.25 Å². The van der Waals surface area contributed by atoms with Gasteiger partial charge in [0.2, 0.25) is 0 Å². The van der Waals surface area contributed by atoms with Crippen LogP contribution >= 0.6 is 11.8 Å². The third-order valence-corrected chi connectivity index (χ3v) is 3.84.